The zero-order valence-electron chi connectivity index (χ0n) is 14.2. The maximum absolute atomic E-state index is 5.23. The second kappa shape index (κ2) is 11.0. The first-order valence-electron chi connectivity index (χ1n) is 7.87. The summed E-state index contributed by atoms with van der Waals surface area (Å²) in [6, 6.07) is 8.46. The van der Waals surface area contributed by atoms with Gasteiger partial charge in [0.05, 0.1) is 7.11 Å². The number of methoxy groups -OCH3 is 1. The molecule has 1 aliphatic heterocycles. The van der Waals surface area contributed by atoms with Crippen LogP contribution >= 0.6 is 35.7 Å². The van der Waals surface area contributed by atoms with Crippen LogP contribution in [0, 0.1) is 0 Å². The minimum Gasteiger partial charge on any atom is -0.497 e. The van der Waals surface area contributed by atoms with Gasteiger partial charge in [0.1, 0.15) is 5.75 Å². The summed E-state index contributed by atoms with van der Waals surface area (Å²) in [6.45, 7) is 3.10. The molecule has 0 saturated carbocycles. The molecule has 1 N–H and O–H groups in total. The van der Waals surface area contributed by atoms with Crippen LogP contribution in [-0.4, -0.2) is 56.7 Å². The third-order valence-electron chi connectivity index (χ3n) is 4.10. The lowest BCUT2D eigenvalue weighted by atomic mass is 9.98. The zero-order valence-corrected chi connectivity index (χ0v) is 17.4. The smallest absolute Gasteiger partial charge is 0.193 e. The average Bonchev–Trinajstić information content (AvgIpc) is 3.05. The van der Waals surface area contributed by atoms with E-state index < -0.39 is 0 Å². The fourth-order valence-electron chi connectivity index (χ4n) is 2.85. The van der Waals surface area contributed by atoms with Gasteiger partial charge in [0.15, 0.2) is 5.96 Å². The van der Waals surface area contributed by atoms with E-state index in [2.05, 4.69) is 33.6 Å². The van der Waals surface area contributed by atoms with Gasteiger partial charge >= 0.3 is 0 Å². The number of guanidine groups is 1. The predicted octanol–water partition coefficient (Wildman–Crippen LogP) is 3.43. The van der Waals surface area contributed by atoms with Gasteiger partial charge in [-0.05, 0) is 42.5 Å². The summed E-state index contributed by atoms with van der Waals surface area (Å²) in [5.41, 5.74) is 1.39. The number of hydrogen-bond donors (Lipinski definition) is 1. The molecule has 23 heavy (non-hydrogen) atoms. The van der Waals surface area contributed by atoms with E-state index >= 15 is 0 Å². The molecule has 0 bridgehead atoms. The fraction of sp³-hybridized carbons (Fsp3) is 0.588. The summed E-state index contributed by atoms with van der Waals surface area (Å²) in [6.07, 6.45) is 4.50. The number of hydrogen-bond acceptors (Lipinski definition) is 3. The lowest BCUT2D eigenvalue weighted by Gasteiger charge is -2.21. The van der Waals surface area contributed by atoms with Gasteiger partial charge in [-0.3, -0.25) is 4.99 Å². The van der Waals surface area contributed by atoms with Crippen LogP contribution in [0.5, 0.6) is 5.75 Å². The Hall–Kier alpha value is -0.630. The van der Waals surface area contributed by atoms with Crippen LogP contribution in [0.3, 0.4) is 0 Å². The lowest BCUT2D eigenvalue weighted by molar-refractivity contribution is 0.414. The van der Waals surface area contributed by atoms with Crippen LogP contribution in [0.4, 0.5) is 0 Å². The topological polar surface area (TPSA) is 36.9 Å². The summed E-state index contributed by atoms with van der Waals surface area (Å²) < 4.78 is 5.23. The second-order valence-electron chi connectivity index (χ2n) is 5.53. The van der Waals surface area contributed by atoms with Crippen LogP contribution in [-0.2, 0) is 0 Å². The Morgan fingerprint density at radius 1 is 1.39 bits per heavy atom. The van der Waals surface area contributed by atoms with Crippen molar-refractivity contribution < 1.29 is 4.74 Å². The molecule has 6 heteroatoms. The highest BCUT2D eigenvalue weighted by Gasteiger charge is 2.25. The first-order valence-corrected chi connectivity index (χ1v) is 9.26. The molecule has 1 aromatic carbocycles. The monoisotopic (exact) mass is 449 g/mol. The molecule has 0 aromatic heterocycles. The zero-order chi connectivity index (χ0) is 15.8. The molecule has 1 saturated heterocycles. The van der Waals surface area contributed by atoms with Gasteiger partial charge in [-0.2, -0.15) is 11.8 Å². The predicted molar refractivity (Wildman–Crippen MR) is 112 cm³/mol. The minimum absolute atomic E-state index is 0. The summed E-state index contributed by atoms with van der Waals surface area (Å²) >= 11 is 1.89. The molecule has 2 rings (SSSR count). The highest BCUT2D eigenvalue weighted by atomic mass is 127. The molecule has 1 heterocycles. The lowest BCUT2D eigenvalue weighted by Crippen LogP contribution is -2.40. The van der Waals surface area contributed by atoms with E-state index in [0.29, 0.717) is 5.92 Å². The second-order valence-corrected chi connectivity index (χ2v) is 6.51. The van der Waals surface area contributed by atoms with Gasteiger partial charge < -0.3 is 15.0 Å². The Labute approximate surface area is 161 Å². The van der Waals surface area contributed by atoms with Crippen molar-refractivity contribution in [3.63, 3.8) is 0 Å². The Balaban J connectivity index is 0.00000264. The number of rotatable bonds is 6. The SMILES string of the molecule is CN=C(NCCCSC)N1CCC(c2ccc(OC)cc2)C1.I. The fourth-order valence-corrected chi connectivity index (χ4v) is 3.28. The third kappa shape index (κ3) is 6.06. The molecule has 0 aliphatic carbocycles. The molecule has 1 aliphatic rings. The Morgan fingerprint density at radius 3 is 2.74 bits per heavy atom. The van der Waals surface area contributed by atoms with E-state index in [9.17, 15) is 0 Å². The van der Waals surface area contributed by atoms with Crippen molar-refractivity contribution in [2.75, 3.05) is 45.8 Å². The maximum Gasteiger partial charge on any atom is 0.193 e. The highest BCUT2D eigenvalue weighted by molar-refractivity contribution is 14.0. The number of ether oxygens (including phenoxy) is 1. The van der Waals surface area contributed by atoms with Crippen molar-refractivity contribution in [3.8, 4) is 5.75 Å². The molecule has 1 atom stereocenters. The van der Waals surface area contributed by atoms with Gasteiger partial charge in [-0.15, -0.1) is 24.0 Å². The van der Waals surface area contributed by atoms with Gasteiger partial charge in [0.25, 0.3) is 0 Å². The van der Waals surface area contributed by atoms with E-state index in [1.54, 1.807) is 7.11 Å². The number of aliphatic imine (C=N–C) groups is 1. The van der Waals surface area contributed by atoms with Gasteiger partial charge in [0.2, 0.25) is 0 Å². The summed E-state index contributed by atoms with van der Waals surface area (Å²) in [4.78, 5) is 6.80. The van der Waals surface area contributed by atoms with Crippen molar-refractivity contribution >= 4 is 41.7 Å². The highest BCUT2D eigenvalue weighted by Crippen LogP contribution is 2.28. The quantitative estimate of drug-likeness (QED) is 0.313. The normalized spacial score (nSPS) is 17.8. The standard InChI is InChI=1S/C17H27N3OS.HI/c1-18-17(19-10-4-12-22-3)20-11-9-15(13-20)14-5-7-16(21-2)8-6-14;/h5-8,15H,4,9-13H2,1-3H3,(H,18,19);1H. The Bertz CT molecular complexity index is 481. The number of halogens is 1. The van der Waals surface area contributed by atoms with E-state index in [4.69, 9.17) is 4.74 Å². The molecule has 1 unspecified atom stereocenters. The van der Waals surface area contributed by atoms with Crippen LogP contribution in [0.15, 0.2) is 29.3 Å². The van der Waals surface area contributed by atoms with Crippen LogP contribution < -0.4 is 10.1 Å². The molecule has 1 fully saturated rings. The van der Waals surface area contributed by atoms with Crippen LogP contribution in [0.1, 0.15) is 24.3 Å². The number of thioether (sulfide) groups is 1. The van der Waals surface area contributed by atoms with Gasteiger partial charge in [-0.25, -0.2) is 0 Å². The molecular weight excluding hydrogens is 421 g/mol. The molecule has 0 amide bonds. The van der Waals surface area contributed by atoms with Crippen molar-refractivity contribution in [2.45, 2.75) is 18.8 Å². The van der Waals surface area contributed by atoms with Crippen LogP contribution in [0.2, 0.25) is 0 Å². The summed E-state index contributed by atoms with van der Waals surface area (Å²) in [7, 11) is 3.58. The van der Waals surface area contributed by atoms with Crippen molar-refractivity contribution in [1.29, 1.82) is 0 Å². The van der Waals surface area contributed by atoms with Crippen molar-refractivity contribution in [3.05, 3.63) is 29.8 Å². The van der Waals surface area contributed by atoms with E-state index in [1.807, 2.05) is 30.9 Å². The van der Waals surface area contributed by atoms with E-state index in [-0.39, 0.29) is 24.0 Å². The van der Waals surface area contributed by atoms with E-state index in [1.165, 1.54) is 24.2 Å². The summed E-state index contributed by atoms with van der Waals surface area (Å²) in [5.74, 6) is 3.73. The molecule has 130 valence electrons. The van der Waals surface area contributed by atoms with Crippen molar-refractivity contribution in [2.24, 2.45) is 4.99 Å². The maximum atomic E-state index is 5.23. The molecule has 1 aromatic rings. The largest absolute Gasteiger partial charge is 0.497 e. The molecule has 0 spiro atoms. The molecular formula is C17H28IN3OS. The number of nitrogens with zero attached hydrogens (tertiary/aromatic N) is 2. The first kappa shape index (κ1) is 20.4. The molecule has 4 nitrogen and oxygen atoms in total. The number of benzene rings is 1. The van der Waals surface area contributed by atoms with Crippen molar-refractivity contribution in [1.82, 2.24) is 10.2 Å². The minimum atomic E-state index is 0. The Morgan fingerprint density at radius 2 is 2.13 bits per heavy atom. The first-order chi connectivity index (χ1) is 10.8. The third-order valence-corrected chi connectivity index (χ3v) is 4.79. The molecule has 0 radical (unpaired) electrons. The average molecular weight is 449 g/mol. The Kier molecular flexibility index (Phi) is 9.78. The number of nitrogens with one attached hydrogen (secondary N) is 1. The van der Waals surface area contributed by atoms with Gasteiger partial charge in [0, 0.05) is 32.6 Å². The van der Waals surface area contributed by atoms with Crippen LogP contribution in [0.25, 0.3) is 0 Å². The van der Waals surface area contributed by atoms with E-state index in [0.717, 1.165) is 31.3 Å². The summed E-state index contributed by atoms with van der Waals surface area (Å²) in [5, 5.41) is 3.48. The van der Waals surface area contributed by atoms with Gasteiger partial charge in [-0.1, -0.05) is 12.1 Å². The number of likely N-dealkylation sites (tertiary alicyclic amines) is 1.